The zero-order valence-corrected chi connectivity index (χ0v) is 8.42. The third-order valence-electron chi connectivity index (χ3n) is 0.786. The second-order valence-corrected chi connectivity index (χ2v) is 2.53. The van der Waals surface area contributed by atoms with E-state index >= 15 is 0 Å². The van der Waals surface area contributed by atoms with Crippen molar-refractivity contribution in [3.8, 4) is 0 Å². The zero-order chi connectivity index (χ0) is 10.9. The van der Waals surface area contributed by atoms with Crippen molar-refractivity contribution in [2.75, 3.05) is 6.61 Å². The highest BCUT2D eigenvalue weighted by Crippen LogP contribution is 1.91. The monoisotopic (exact) mass is 187 g/mol. The van der Waals surface area contributed by atoms with E-state index in [4.69, 9.17) is 4.74 Å². The molecule has 1 amide bonds. The van der Waals surface area contributed by atoms with Crippen LogP contribution in [-0.2, 0) is 14.3 Å². The Morgan fingerprint density at radius 2 is 1.77 bits per heavy atom. The Hall–Kier alpha value is -1.32. The first-order chi connectivity index (χ1) is 5.91. The van der Waals surface area contributed by atoms with Crippen molar-refractivity contribution >= 4 is 11.9 Å². The van der Waals surface area contributed by atoms with Crippen LogP contribution in [-0.4, -0.2) is 18.5 Å². The number of rotatable bonds is 3. The normalized spacial score (nSPS) is 7.92. The van der Waals surface area contributed by atoms with E-state index in [9.17, 15) is 9.59 Å². The molecule has 0 saturated carbocycles. The van der Waals surface area contributed by atoms with Crippen LogP contribution < -0.4 is 5.73 Å². The molecule has 4 heteroatoms. The van der Waals surface area contributed by atoms with Gasteiger partial charge in [-0.1, -0.05) is 13.5 Å². The number of amides is 1. The zero-order valence-electron chi connectivity index (χ0n) is 8.42. The first-order valence-corrected chi connectivity index (χ1v) is 4.00. The van der Waals surface area contributed by atoms with Gasteiger partial charge in [0.05, 0.1) is 6.61 Å². The molecule has 0 radical (unpaired) electrons. The number of primary amides is 1. The van der Waals surface area contributed by atoms with E-state index in [0.29, 0.717) is 12.2 Å². The third kappa shape index (κ3) is 18.0. The molecule has 0 aromatic rings. The van der Waals surface area contributed by atoms with Crippen LogP contribution in [0.4, 0.5) is 0 Å². The summed E-state index contributed by atoms with van der Waals surface area (Å²) in [6.07, 6.45) is 0.860. The Morgan fingerprint density at radius 3 is 2.00 bits per heavy atom. The molecule has 0 aromatic carbocycles. The molecule has 0 aliphatic carbocycles. The molecule has 76 valence electrons. The van der Waals surface area contributed by atoms with Crippen LogP contribution in [0.5, 0.6) is 0 Å². The van der Waals surface area contributed by atoms with Crippen molar-refractivity contribution in [3.63, 3.8) is 0 Å². The summed E-state index contributed by atoms with van der Waals surface area (Å²) in [5, 5.41) is 0. The third-order valence-corrected chi connectivity index (χ3v) is 0.786. The predicted molar refractivity (Wildman–Crippen MR) is 50.9 cm³/mol. The van der Waals surface area contributed by atoms with E-state index < -0.39 is 0 Å². The minimum absolute atomic E-state index is 0.295. The predicted octanol–water partition coefficient (Wildman–Crippen LogP) is 1.01. The van der Waals surface area contributed by atoms with E-state index in [-0.39, 0.29) is 11.9 Å². The van der Waals surface area contributed by atoms with Crippen molar-refractivity contribution in [2.45, 2.75) is 27.2 Å². The van der Waals surface area contributed by atoms with Gasteiger partial charge in [0.15, 0.2) is 0 Å². The smallest absolute Gasteiger partial charge is 0.333 e. The molecular weight excluding hydrogens is 170 g/mol. The van der Waals surface area contributed by atoms with E-state index in [1.54, 1.807) is 6.92 Å². The van der Waals surface area contributed by atoms with Crippen LogP contribution in [0.3, 0.4) is 0 Å². The summed E-state index contributed by atoms with van der Waals surface area (Å²) in [6, 6.07) is 0. The van der Waals surface area contributed by atoms with Crippen LogP contribution >= 0.6 is 0 Å². The average Bonchev–Trinajstić information content (AvgIpc) is 1.98. The Bertz CT molecular complexity index is 183. The molecule has 0 bridgehead atoms. The summed E-state index contributed by atoms with van der Waals surface area (Å²) in [6.45, 7) is 8.82. The van der Waals surface area contributed by atoms with Crippen molar-refractivity contribution < 1.29 is 14.3 Å². The minimum Gasteiger partial charge on any atom is -0.462 e. The van der Waals surface area contributed by atoms with E-state index in [0.717, 1.165) is 6.42 Å². The number of carbonyl (C=O) groups is 2. The SMILES string of the molecule is C=C(C)C(=O)OCCC.CC(N)=O. The molecule has 0 fully saturated rings. The standard InChI is InChI=1S/C7H12O2.C2H5NO/c1-4-5-9-7(8)6(2)3;1-2(3)4/h2,4-5H2,1,3H3;1H3,(H2,3,4). The molecule has 4 nitrogen and oxygen atoms in total. The number of esters is 1. The maximum atomic E-state index is 10.6. The maximum absolute atomic E-state index is 10.6. The largest absolute Gasteiger partial charge is 0.462 e. The van der Waals surface area contributed by atoms with Crippen LogP contribution in [0.25, 0.3) is 0 Å². The average molecular weight is 187 g/mol. The molecule has 13 heavy (non-hydrogen) atoms. The van der Waals surface area contributed by atoms with Gasteiger partial charge in [-0.25, -0.2) is 4.79 Å². The number of nitrogens with two attached hydrogens (primary N) is 1. The van der Waals surface area contributed by atoms with Gasteiger partial charge in [0, 0.05) is 12.5 Å². The van der Waals surface area contributed by atoms with Gasteiger partial charge < -0.3 is 10.5 Å². The fourth-order valence-corrected chi connectivity index (χ4v) is 0.318. The van der Waals surface area contributed by atoms with Crippen LogP contribution in [0.2, 0.25) is 0 Å². The second kappa shape index (κ2) is 8.77. The van der Waals surface area contributed by atoms with Crippen LogP contribution in [0, 0.1) is 0 Å². The van der Waals surface area contributed by atoms with Gasteiger partial charge in [0.2, 0.25) is 5.91 Å². The van der Waals surface area contributed by atoms with Crippen LogP contribution in [0.1, 0.15) is 27.2 Å². The van der Waals surface area contributed by atoms with E-state index in [2.05, 4.69) is 12.3 Å². The summed E-state index contributed by atoms with van der Waals surface area (Å²) in [7, 11) is 0. The second-order valence-electron chi connectivity index (χ2n) is 2.53. The number of hydrogen-bond donors (Lipinski definition) is 1. The van der Waals surface area contributed by atoms with E-state index in [1.807, 2.05) is 6.92 Å². The molecular formula is C9H17NO3. The van der Waals surface area contributed by atoms with Crippen molar-refractivity contribution in [2.24, 2.45) is 5.73 Å². The van der Waals surface area contributed by atoms with Crippen molar-refractivity contribution in [3.05, 3.63) is 12.2 Å². The highest BCUT2D eigenvalue weighted by Gasteiger charge is 1.99. The van der Waals surface area contributed by atoms with E-state index in [1.165, 1.54) is 6.92 Å². The lowest BCUT2D eigenvalue weighted by molar-refractivity contribution is -0.138. The van der Waals surface area contributed by atoms with Gasteiger partial charge in [-0.3, -0.25) is 4.79 Å². The molecule has 0 spiro atoms. The number of hydrogen-bond acceptors (Lipinski definition) is 3. The Morgan fingerprint density at radius 1 is 1.38 bits per heavy atom. The highest BCUT2D eigenvalue weighted by molar-refractivity contribution is 5.86. The summed E-state index contributed by atoms with van der Waals surface area (Å²) >= 11 is 0. The lowest BCUT2D eigenvalue weighted by Crippen LogP contribution is -2.04. The first kappa shape index (κ1) is 14.2. The lowest BCUT2D eigenvalue weighted by Gasteiger charge is -1.99. The quantitative estimate of drug-likeness (QED) is 0.529. The summed E-state index contributed by atoms with van der Waals surface area (Å²) < 4.78 is 4.71. The Kier molecular flexibility index (Phi) is 9.60. The number of carbonyl (C=O) groups excluding carboxylic acids is 2. The number of ether oxygens (including phenoxy) is 1. The summed E-state index contributed by atoms with van der Waals surface area (Å²) in [5.74, 6) is -0.628. The van der Waals surface area contributed by atoms with Crippen LogP contribution in [0.15, 0.2) is 12.2 Å². The topological polar surface area (TPSA) is 69.4 Å². The van der Waals surface area contributed by atoms with Crippen molar-refractivity contribution in [1.29, 1.82) is 0 Å². The van der Waals surface area contributed by atoms with Gasteiger partial charge >= 0.3 is 5.97 Å². The first-order valence-electron chi connectivity index (χ1n) is 4.00. The molecule has 0 aliphatic rings. The minimum atomic E-state index is -0.333. The summed E-state index contributed by atoms with van der Waals surface area (Å²) in [5.41, 5.74) is 4.93. The molecule has 0 saturated heterocycles. The van der Waals surface area contributed by atoms with Gasteiger partial charge in [0.25, 0.3) is 0 Å². The van der Waals surface area contributed by atoms with Crippen molar-refractivity contribution in [1.82, 2.24) is 0 Å². The fourth-order valence-electron chi connectivity index (χ4n) is 0.318. The fraction of sp³-hybridized carbons (Fsp3) is 0.556. The Labute approximate surface area is 78.8 Å². The Balaban J connectivity index is 0. The highest BCUT2D eigenvalue weighted by atomic mass is 16.5. The molecule has 0 unspecified atom stereocenters. The van der Waals surface area contributed by atoms with Gasteiger partial charge in [-0.05, 0) is 13.3 Å². The molecule has 0 rings (SSSR count). The summed E-state index contributed by atoms with van der Waals surface area (Å²) in [4.78, 5) is 19.8. The van der Waals surface area contributed by atoms with Gasteiger partial charge in [0.1, 0.15) is 0 Å². The molecule has 0 heterocycles. The molecule has 0 aliphatic heterocycles. The molecule has 2 N–H and O–H groups in total. The molecule has 0 atom stereocenters. The molecule has 0 aromatic heterocycles. The lowest BCUT2D eigenvalue weighted by atomic mass is 10.4. The maximum Gasteiger partial charge on any atom is 0.333 e. The van der Waals surface area contributed by atoms with Gasteiger partial charge in [-0.2, -0.15) is 0 Å². The van der Waals surface area contributed by atoms with Gasteiger partial charge in [-0.15, -0.1) is 0 Å².